The summed E-state index contributed by atoms with van der Waals surface area (Å²) in [4.78, 5) is 14.9. The maximum Gasteiger partial charge on any atom is 0.341 e. The van der Waals surface area contributed by atoms with Gasteiger partial charge in [0, 0.05) is 7.05 Å². The van der Waals surface area contributed by atoms with Crippen molar-refractivity contribution in [1.29, 1.82) is 0 Å². The highest BCUT2D eigenvalue weighted by Gasteiger charge is 2.16. The van der Waals surface area contributed by atoms with Crippen LogP contribution in [0.5, 0.6) is 5.88 Å². The number of aromatic carboxylic acids is 1. The van der Waals surface area contributed by atoms with E-state index in [1.807, 2.05) is 0 Å². The van der Waals surface area contributed by atoms with E-state index in [1.54, 1.807) is 14.0 Å². The molecule has 0 atom stereocenters. The second kappa shape index (κ2) is 4.97. The van der Waals surface area contributed by atoms with Crippen LogP contribution in [0, 0.1) is 0 Å². The highest BCUT2D eigenvalue weighted by Crippen LogP contribution is 2.27. The number of ether oxygens (including phenoxy) is 1. The van der Waals surface area contributed by atoms with Crippen molar-refractivity contribution in [3.63, 3.8) is 0 Å². The molecule has 0 saturated carbocycles. The maximum absolute atomic E-state index is 10.9. The fourth-order valence-corrected chi connectivity index (χ4v) is 1.56. The number of anilines is 1. The summed E-state index contributed by atoms with van der Waals surface area (Å²) >= 11 is 3.22. The van der Waals surface area contributed by atoms with Gasteiger partial charge in [0.15, 0.2) is 0 Å². The Hall–Kier alpha value is -1.30. The van der Waals surface area contributed by atoms with Crippen LogP contribution in [0.1, 0.15) is 17.3 Å². The molecule has 0 saturated heterocycles. The van der Waals surface area contributed by atoms with Gasteiger partial charge in [-0.3, -0.25) is 0 Å². The molecule has 0 spiro atoms. The van der Waals surface area contributed by atoms with Gasteiger partial charge in [-0.2, -0.15) is 4.98 Å². The molecule has 15 heavy (non-hydrogen) atoms. The summed E-state index contributed by atoms with van der Waals surface area (Å²) in [6.45, 7) is 2.15. The lowest BCUT2D eigenvalue weighted by Crippen LogP contribution is -2.07. The van der Waals surface area contributed by atoms with E-state index in [-0.39, 0.29) is 11.4 Å². The molecule has 0 radical (unpaired) electrons. The molecule has 1 heterocycles. The first-order valence-corrected chi connectivity index (χ1v) is 5.13. The average Bonchev–Trinajstić information content (AvgIpc) is 2.20. The van der Waals surface area contributed by atoms with Crippen LogP contribution in [0.4, 0.5) is 5.82 Å². The van der Waals surface area contributed by atoms with Crippen LogP contribution in [-0.2, 0) is 0 Å². The quantitative estimate of drug-likeness (QED) is 0.879. The Morgan fingerprint density at radius 3 is 2.87 bits per heavy atom. The van der Waals surface area contributed by atoms with Gasteiger partial charge in [-0.15, -0.1) is 0 Å². The number of aromatic nitrogens is 1. The first-order chi connectivity index (χ1) is 7.10. The van der Waals surface area contributed by atoms with Crippen LogP contribution in [0.2, 0.25) is 0 Å². The minimum absolute atomic E-state index is 0.0442. The second-order valence-electron chi connectivity index (χ2n) is 2.66. The number of halogens is 1. The van der Waals surface area contributed by atoms with Crippen LogP contribution in [0.15, 0.2) is 10.5 Å². The lowest BCUT2D eigenvalue weighted by atomic mass is 10.2. The van der Waals surface area contributed by atoms with Gasteiger partial charge in [-0.1, -0.05) is 0 Å². The number of nitrogens with one attached hydrogen (secondary N) is 1. The molecule has 0 aliphatic rings. The second-order valence-corrected chi connectivity index (χ2v) is 3.51. The molecule has 0 fully saturated rings. The van der Waals surface area contributed by atoms with Crippen molar-refractivity contribution in [1.82, 2.24) is 4.98 Å². The number of hydrogen-bond donors (Lipinski definition) is 2. The number of carboxylic acid groups (broad SMARTS) is 1. The van der Waals surface area contributed by atoms with E-state index < -0.39 is 5.97 Å². The first kappa shape index (κ1) is 11.8. The van der Waals surface area contributed by atoms with Crippen LogP contribution in [0.3, 0.4) is 0 Å². The van der Waals surface area contributed by atoms with Gasteiger partial charge in [-0.05, 0) is 28.9 Å². The molecule has 0 aliphatic carbocycles. The lowest BCUT2D eigenvalue weighted by molar-refractivity contribution is 0.0691. The summed E-state index contributed by atoms with van der Waals surface area (Å²) in [6.07, 6.45) is 0. The van der Waals surface area contributed by atoms with Crippen molar-refractivity contribution in [3.8, 4) is 5.88 Å². The molecular weight excluding hydrogens is 264 g/mol. The van der Waals surface area contributed by atoms with Gasteiger partial charge in [0.2, 0.25) is 5.88 Å². The van der Waals surface area contributed by atoms with Crippen molar-refractivity contribution in [3.05, 3.63) is 16.1 Å². The van der Waals surface area contributed by atoms with Crippen LogP contribution < -0.4 is 10.1 Å². The predicted molar refractivity (Wildman–Crippen MR) is 59.6 cm³/mol. The van der Waals surface area contributed by atoms with E-state index in [1.165, 1.54) is 6.07 Å². The Bertz CT molecular complexity index is 382. The monoisotopic (exact) mass is 274 g/mol. The standard InChI is InChI=1S/C9H11BrN2O3/c1-3-15-8-5(9(13)14)4-6(10)7(11-2)12-8/h4H,3H2,1-2H3,(H,11,12)(H,13,14). The Labute approximate surface area is 95.6 Å². The molecule has 5 nitrogen and oxygen atoms in total. The molecular formula is C9H11BrN2O3. The number of nitrogens with zero attached hydrogens (tertiary/aromatic N) is 1. The molecule has 0 bridgehead atoms. The Morgan fingerprint density at radius 2 is 2.40 bits per heavy atom. The summed E-state index contributed by atoms with van der Waals surface area (Å²) in [6, 6.07) is 1.46. The Kier molecular flexibility index (Phi) is 3.90. The summed E-state index contributed by atoms with van der Waals surface area (Å²) in [5.41, 5.74) is 0.0442. The fourth-order valence-electron chi connectivity index (χ4n) is 1.05. The van der Waals surface area contributed by atoms with E-state index in [4.69, 9.17) is 9.84 Å². The Balaban J connectivity index is 3.25. The summed E-state index contributed by atoms with van der Waals surface area (Å²) in [5, 5.41) is 11.7. The molecule has 1 aromatic rings. The summed E-state index contributed by atoms with van der Waals surface area (Å²) < 4.78 is 5.73. The van der Waals surface area contributed by atoms with Gasteiger partial charge < -0.3 is 15.2 Å². The highest BCUT2D eigenvalue weighted by atomic mass is 79.9. The topological polar surface area (TPSA) is 71.5 Å². The van der Waals surface area contributed by atoms with Crippen LogP contribution in [0.25, 0.3) is 0 Å². The summed E-state index contributed by atoms with van der Waals surface area (Å²) in [7, 11) is 1.70. The normalized spacial score (nSPS) is 9.80. The molecule has 82 valence electrons. The van der Waals surface area contributed by atoms with Crippen molar-refractivity contribution in [2.24, 2.45) is 0 Å². The van der Waals surface area contributed by atoms with E-state index in [2.05, 4.69) is 26.2 Å². The Morgan fingerprint density at radius 1 is 1.73 bits per heavy atom. The molecule has 6 heteroatoms. The third-order valence-electron chi connectivity index (χ3n) is 1.69. The third-order valence-corrected chi connectivity index (χ3v) is 2.29. The van der Waals surface area contributed by atoms with Crippen molar-refractivity contribution >= 4 is 27.7 Å². The molecule has 0 unspecified atom stereocenters. The van der Waals surface area contributed by atoms with E-state index in [9.17, 15) is 4.79 Å². The number of pyridine rings is 1. The molecule has 0 amide bonds. The number of rotatable bonds is 4. The SMILES string of the molecule is CCOc1nc(NC)c(Br)cc1C(=O)O. The third kappa shape index (κ3) is 2.59. The van der Waals surface area contributed by atoms with Gasteiger partial charge >= 0.3 is 5.97 Å². The van der Waals surface area contributed by atoms with Gasteiger partial charge in [0.05, 0.1) is 11.1 Å². The van der Waals surface area contributed by atoms with Gasteiger partial charge in [-0.25, -0.2) is 4.79 Å². The predicted octanol–water partition coefficient (Wildman–Crippen LogP) is 1.98. The van der Waals surface area contributed by atoms with E-state index >= 15 is 0 Å². The van der Waals surface area contributed by atoms with E-state index in [0.717, 1.165) is 0 Å². The molecule has 1 rings (SSSR count). The van der Waals surface area contributed by atoms with Gasteiger partial charge in [0.1, 0.15) is 11.4 Å². The van der Waals surface area contributed by atoms with Gasteiger partial charge in [0.25, 0.3) is 0 Å². The zero-order chi connectivity index (χ0) is 11.4. The first-order valence-electron chi connectivity index (χ1n) is 4.34. The highest BCUT2D eigenvalue weighted by molar-refractivity contribution is 9.10. The molecule has 2 N–H and O–H groups in total. The van der Waals surface area contributed by atoms with Crippen molar-refractivity contribution in [2.75, 3.05) is 19.0 Å². The molecule has 0 aliphatic heterocycles. The minimum atomic E-state index is -1.06. The number of hydrogen-bond acceptors (Lipinski definition) is 4. The minimum Gasteiger partial charge on any atom is -0.477 e. The zero-order valence-corrected chi connectivity index (χ0v) is 9.96. The smallest absolute Gasteiger partial charge is 0.341 e. The fraction of sp³-hybridized carbons (Fsp3) is 0.333. The van der Waals surface area contributed by atoms with Crippen LogP contribution >= 0.6 is 15.9 Å². The van der Waals surface area contributed by atoms with Crippen LogP contribution in [-0.4, -0.2) is 29.7 Å². The summed E-state index contributed by atoms with van der Waals surface area (Å²) in [5.74, 6) is -0.393. The largest absolute Gasteiger partial charge is 0.477 e. The average molecular weight is 275 g/mol. The number of carboxylic acids is 1. The number of carbonyl (C=O) groups is 1. The van der Waals surface area contributed by atoms with E-state index in [0.29, 0.717) is 16.9 Å². The maximum atomic E-state index is 10.9. The zero-order valence-electron chi connectivity index (χ0n) is 8.37. The van der Waals surface area contributed by atoms with Crippen molar-refractivity contribution in [2.45, 2.75) is 6.92 Å². The van der Waals surface area contributed by atoms with Crippen molar-refractivity contribution < 1.29 is 14.6 Å². The molecule has 0 aromatic carbocycles. The lowest BCUT2D eigenvalue weighted by Gasteiger charge is -2.09. The molecule has 1 aromatic heterocycles.